The summed E-state index contributed by atoms with van der Waals surface area (Å²) in [5.74, 6) is 0.792. The van der Waals surface area contributed by atoms with E-state index in [1.165, 1.54) is 12.8 Å². The minimum Gasteiger partial charge on any atom is -0.389 e. The van der Waals surface area contributed by atoms with Crippen LogP contribution < -0.4 is 5.73 Å². The van der Waals surface area contributed by atoms with Crippen molar-refractivity contribution in [1.29, 1.82) is 0 Å². The van der Waals surface area contributed by atoms with Crippen LogP contribution in [0.15, 0.2) is 0 Å². The van der Waals surface area contributed by atoms with Crippen molar-refractivity contribution in [3.63, 3.8) is 0 Å². The second kappa shape index (κ2) is 8.03. The van der Waals surface area contributed by atoms with Crippen LogP contribution in [0.5, 0.6) is 0 Å². The highest BCUT2D eigenvalue weighted by atomic mass is 16.5. The second-order valence-corrected chi connectivity index (χ2v) is 5.36. The summed E-state index contributed by atoms with van der Waals surface area (Å²) in [5, 5.41) is 9.83. The van der Waals surface area contributed by atoms with Gasteiger partial charge in [-0.1, -0.05) is 0 Å². The molecule has 17 heavy (non-hydrogen) atoms. The smallest absolute Gasteiger partial charge is 0.0900 e. The molecule has 1 rings (SSSR count). The van der Waals surface area contributed by atoms with E-state index in [2.05, 4.69) is 4.90 Å². The van der Waals surface area contributed by atoms with Gasteiger partial charge in [0.1, 0.15) is 0 Å². The Hall–Kier alpha value is -0.160. The standard InChI is InChI=1S/C13H28N2O2/c1-11(2)17-10-13(16)9-15-7-4-12(3-6-14)5-8-15/h11-13,16H,3-10,14H2,1-2H3. The lowest BCUT2D eigenvalue weighted by molar-refractivity contribution is -0.0125. The normalized spacial score (nSPS) is 21.0. The molecule has 0 saturated carbocycles. The van der Waals surface area contributed by atoms with Crippen molar-refractivity contribution < 1.29 is 9.84 Å². The van der Waals surface area contributed by atoms with Crippen LogP contribution in [0.25, 0.3) is 0 Å². The number of piperidine rings is 1. The van der Waals surface area contributed by atoms with Crippen molar-refractivity contribution in [3.05, 3.63) is 0 Å². The van der Waals surface area contributed by atoms with Gasteiger partial charge in [-0.3, -0.25) is 0 Å². The molecule has 4 nitrogen and oxygen atoms in total. The third kappa shape index (κ3) is 6.36. The minimum atomic E-state index is -0.358. The fourth-order valence-electron chi connectivity index (χ4n) is 2.35. The first-order valence-corrected chi connectivity index (χ1v) is 6.84. The largest absolute Gasteiger partial charge is 0.389 e. The van der Waals surface area contributed by atoms with Gasteiger partial charge >= 0.3 is 0 Å². The molecule has 1 unspecified atom stereocenters. The number of hydrogen-bond acceptors (Lipinski definition) is 4. The third-order valence-electron chi connectivity index (χ3n) is 3.37. The summed E-state index contributed by atoms with van der Waals surface area (Å²) >= 11 is 0. The first-order chi connectivity index (χ1) is 8.11. The lowest BCUT2D eigenvalue weighted by atomic mass is 9.93. The van der Waals surface area contributed by atoms with E-state index in [4.69, 9.17) is 10.5 Å². The molecule has 0 aromatic rings. The lowest BCUT2D eigenvalue weighted by Gasteiger charge is -2.33. The van der Waals surface area contributed by atoms with Gasteiger partial charge in [0.05, 0.1) is 18.8 Å². The zero-order chi connectivity index (χ0) is 12.7. The molecule has 0 aliphatic carbocycles. The molecule has 1 aliphatic heterocycles. The van der Waals surface area contributed by atoms with E-state index in [0.29, 0.717) is 6.61 Å². The number of ether oxygens (including phenoxy) is 1. The Kier molecular flexibility index (Phi) is 7.04. The topological polar surface area (TPSA) is 58.7 Å². The van der Waals surface area contributed by atoms with Crippen molar-refractivity contribution >= 4 is 0 Å². The molecule has 0 aromatic heterocycles. The van der Waals surface area contributed by atoms with Crippen LogP contribution in [0.4, 0.5) is 0 Å². The molecule has 1 aliphatic rings. The number of nitrogens with zero attached hydrogens (tertiary/aromatic N) is 1. The maximum Gasteiger partial charge on any atom is 0.0900 e. The molecule has 102 valence electrons. The molecule has 1 saturated heterocycles. The van der Waals surface area contributed by atoms with Crippen LogP contribution in [-0.2, 0) is 4.74 Å². The molecular formula is C13H28N2O2. The number of rotatable bonds is 7. The van der Waals surface area contributed by atoms with E-state index in [-0.39, 0.29) is 12.2 Å². The highest BCUT2D eigenvalue weighted by Crippen LogP contribution is 2.19. The minimum absolute atomic E-state index is 0.194. The molecule has 0 spiro atoms. The molecule has 0 amide bonds. The van der Waals surface area contributed by atoms with Gasteiger partial charge in [-0.25, -0.2) is 0 Å². The molecule has 0 radical (unpaired) electrons. The van der Waals surface area contributed by atoms with Crippen molar-refractivity contribution in [3.8, 4) is 0 Å². The Labute approximate surface area is 105 Å². The average Bonchev–Trinajstić information content (AvgIpc) is 2.29. The fourth-order valence-corrected chi connectivity index (χ4v) is 2.35. The van der Waals surface area contributed by atoms with E-state index in [9.17, 15) is 5.11 Å². The summed E-state index contributed by atoms with van der Waals surface area (Å²) in [6.07, 6.45) is 3.42. The molecule has 1 atom stereocenters. The molecule has 1 fully saturated rings. The average molecular weight is 244 g/mol. The van der Waals surface area contributed by atoms with Gasteiger partial charge in [-0.2, -0.15) is 0 Å². The maximum absolute atomic E-state index is 9.83. The molecular weight excluding hydrogens is 216 g/mol. The van der Waals surface area contributed by atoms with Crippen molar-refractivity contribution in [1.82, 2.24) is 4.90 Å². The van der Waals surface area contributed by atoms with E-state index >= 15 is 0 Å². The summed E-state index contributed by atoms with van der Waals surface area (Å²) in [6.45, 7) is 8.14. The van der Waals surface area contributed by atoms with Gasteiger partial charge < -0.3 is 20.5 Å². The molecule has 0 aromatic carbocycles. The van der Waals surface area contributed by atoms with Gasteiger partial charge in [0.15, 0.2) is 0 Å². The molecule has 4 heteroatoms. The van der Waals surface area contributed by atoms with Gasteiger partial charge in [0.25, 0.3) is 0 Å². The van der Waals surface area contributed by atoms with Gasteiger partial charge in [-0.15, -0.1) is 0 Å². The number of β-amino-alcohol motifs (C(OH)–C–C–N with tert-alkyl or cyclic N) is 1. The Bertz CT molecular complexity index is 192. The van der Waals surface area contributed by atoms with Crippen LogP contribution in [0.3, 0.4) is 0 Å². The predicted molar refractivity (Wildman–Crippen MR) is 69.9 cm³/mol. The summed E-state index contributed by atoms with van der Waals surface area (Å²) in [7, 11) is 0. The molecule has 0 bridgehead atoms. The van der Waals surface area contributed by atoms with Gasteiger partial charge in [0.2, 0.25) is 0 Å². The Morgan fingerprint density at radius 2 is 2.00 bits per heavy atom. The van der Waals surface area contributed by atoms with Crippen LogP contribution in [0.1, 0.15) is 33.1 Å². The number of aliphatic hydroxyl groups is 1. The van der Waals surface area contributed by atoms with Crippen LogP contribution in [-0.4, -0.2) is 55.0 Å². The maximum atomic E-state index is 9.83. The van der Waals surface area contributed by atoms with E-state index in [0.717, 1.165) is 38.5 Å². The van der Waals surface area contributed by atoms with E-state index in [1.807, 2.05) is 13.8 Å². The summed E-state index contributed by atoms with van der Waals surface area (Å²) in [4.78, 5) is 2.33. The summed E-state index contributed by atoms with van der Waals surface area (Å²) < 4.78 is 5.41. The summed E-state index contributed by atoms with van der Waals surface area (Å²) in [5.41, 5.74) is 5.57. The van der Waals surface area contributed by atoms with Crippen molar-refractivity contribution in [2.45, 2.75) is 45.3 Å². The zero-order valence-corrected chi connectivity index (χ0v) is 11.3. The van der Waals surface area contributed by atoms with Gasteiger partial charge in [0, 0.05) is 6.54 Å². The third-order valence-corrected chi connectivity index (χ3v) is 3.37. The van der Waals surface area contributed by atoms with E-state index < -0.39 is 0 Å². The summed E-state index contributed by atoms with van der Waals surface area (Å²) in [6, 6.07) is 0. The lowest BCUT2D eigenvalue weighted by Crippen LogP contribution is -2.40. The number of nitrogens with two attached hydrogens (primary N) is 1. The first kappa shape index (κ1) is 14.9. The number of likely N-dealkylation sites (tertiary alicyclic amines) is 1. The number of hydrogen-bond donors (Lipinski definition) is 2. The quantitative estimate of drug-likeness (QED) is 0.696. The van der Waals surface area contributed by atoms with Gasteiger partial charge in [-0.05, 0) is 58.7 Å². The fraction of sp³-hybridized carbons (Fsp3) is 1.00. The highest BCUT2D eigenvalue weighted by Gasteiger charge is 2.20. The Morgan fingerprint density at radius 1 is 1.35 bits per heavy atom. The number of aliphatic hydroxyl groups excluding tert-OH is 1. The highest BCUT2D eigenvalue weighted by molar-refractivity contribution is 4.74. The second-order valence-electron chi connectivity index (χ2n) is 5.36. The SMILES string of the molecule is CC(C)OCC(O)CN1CCC(CCN)CC1. The monoisotopic (exact) mass is 244 g/mol. The predicted octanol–water partition coefficient (Wildman–Crippen LogP) is 0.833. The zero-order valence-electron chi connectivity index (χ0n) is 11.3. The van der Waals surface area contributed by atoms with E-state index in [1.54, 1.807) is 0 Å². The first-order valence-electron chi connectivity index (χ1n) is 6.84. The van der Waals surface area contributed by atoms with Crippen LogP contribution in [0.2, 0.25) is 0 Å². The van der Waals surface area contributed by atoms with Crippen LogP contribution >= 0.6 is 0 Å². The Morgan fingerprint density at radius 3 is 2.53 bits per heavy atom. The van der Waals surface area contributed by atoms with Crippen molar-refractivity contribution in [2.75, 3.05) is 32.8 Å². The molecule has 1 heterocycles. The molecule has 3 N–H and O–H groups in total. The Balaban J connectivity index is 2.12. The van der Waals surface area contributed by atoms with Crippen LogP contribution in [0, 0.1) is 5.92 Å². The van der Waals surface area contributed by atoms with Crippen molar-refractivity contribution in [2.24, 2.45) is 11.7 Å².